The molecule has 0 saturated heterocycles. The van der Waals surface area contributed by atoms with E-state index in [1.54, 1.807) is 6.08 Å². The van der Waals surface area contributed by atoms with Gasteiger partial charge in [-0.2, -0.15) is 0 Å². The Morgan fingerprint density at radius 3 is 1.11 bits per heavy atom. The zero-order chi connectivity index (χ0) is 44.4. The lowest BCUT2D eigenvalue weighted by molar-refractivity contribution is -0.143. The summed E-state index contributed by atoms with van der Waals surface area (Å²) in [6.07, 6.45) is 59.3. The standard InChI is InChI=1S/C55H107NO5/c1-3-5-7-9-11-13-15-17-18-20-24-27-31-35-39-43-47-53(58)52(51-57)56-54(59)48-44-40-36-32-28-25-21-19-22-26-30-34-38-42-46-50-61-55(60)49-45-41-37-33-29-23-16-14-12-10-8-6-4-2/h43,47,52-53,57-58H,3-42,44-46,48-51H2,1-2H3,(H,56,59)/b47-43+. The van der Waals surface area contributed by atoms with E-state index >= 15 is 0 Å². The van der Waals surface area contributed by atoms with E-state index in [9.17, 15) is 19.8 Å². The largest absolute Gasteiger partial charge is 0.466 e. The Hall–Kier alpha value is -1.40. The highest BCUT2D eigenvalue weighted by atomic mass is 16.5. The average molecular weight is 862 g/mol. The number of amides is 1. The molecule has 0 saturated carbocycles. The van der Waals surface area contributed by atoms with Gasteiger partial charge in [0.15, 0.2) is 0 Å². The van der Waals surface area contributed by atoms with E-state index in [4.69, 9.17) is 4.74 Å². The van der Waals surface area contributed by atoms with Crippen LogP contribution in [0.2, 0.25) is 0 Å². The molecule has 1 amide bonds. The monoisotopic (exact) mass is 862 g/mol. The molecule has 6 nitrogen and oxygen atoms in total. The van der Waals surface area contributed by atoms with Gasteiger partial charge < -0.3 is 20.3 Å². The van der Waals surface area contributed by atoms with E-state index < -0.39 is 12.1 Å². The summed E-state index contributed by atoms with van der Waals surface area (Å²) in [5.41, 5.74) is 0. The first-order valence-corrected chi connectivity index (χ1v) is 27.5. The molecule has 0 aliphatic heterocycles. The number of allylic oxidation sites excluding steroid dienone is 1. The average Bonchev–Trinajstić information content (AvgIpc) is 3.26. The SMILES string of the molecule is CCCCCCCCCCCCCCCC/C=C/C(O)C(CO)NC(=O)CCCCCCCCCCCCCCCCCOC(=O)CCCCCCCCCCCCCCC. The highest BCUT2D eigenvalue weighted by Crippen LogP contribution is 2.17. The number of nitrogens with one attached hydrogen (secondary N) is 1. The van der Waals surface area contributed by atoms with E-state index in [1.807, 2.05) is 6.08 Å². The highest BCUT2D eigenvalue weighted by Gasteiger charge is 2.18. The number of rotatable bonds is 51. The van der Waals surface area contributed by atoms with Crippen LogP contribution in [0.5, 0.6) is 0 Å². The molecule has 0 aromatic rings. The van der Waals surface area contributed by atoms with Gasteiger partial charge >= 0.3 is 5.97 Å². The minimum absolute atomic E-state index is 0.00143. The summed E-state index contributed by atoms with van der Waals surface area (Å²) in [7, 11) is 0. The molecular formula is C55H107NO5. The number of aliphatic hydroxyl groups is 2. The van der Waals surface area contributed by atoms with Crippen molar-refractivity contribution >= 4 is 11.9 Å². The molecule has 362 valence electrons. The Morgan fingerprint density at radius 1 is 0.443 bits per heavy atom. The molecule has 61 heavy (non-hydrogen) atoms. The molecular weight excluding hydrogens is 755 g/mol. The fourth-order valence-electron chi connectivity index (χ4n) is 8.58. The lowest BCUT2D eigenvalue weighted by atomic mass is 10.0. The van der Waals surface area contributed by atoms with Gasteiger partial charge in [-0.25, -0.2) is 0 Å². The van der Waals surface area contributed by atoms with Crippen molar-refractivity contribution in [2.45, 2.75) is 315 Å². The van der Waals surface area contributed by atoms with Gasteiger partial charge in [-0.1, -0.05) is 270 Å². The van der Waals surface area contributed by atoms with Crippen LogP contribution in [0, 0.1) is 0 Å². The first kappa shape index (κ1) is 59.6. The number of unbranched alkanes of at least 4 members (excludes halogenated alkanes) is 40. The summed E-state index contributed by atoms with van der Waals surface area (Å²) in [5.74, 6) is -0.0731. The number of hydrogen-bond donors (Lipinski definition) is 3. The summed E-state index contributed by atoms with van der Waals surface area (Å²) in [5, 5.41) is 23.1. The number of ether oxygens (including phenoxy) is 1. The van der Waals surface area contributed by atoms with Crippen molar-refractivity contribution in [3.05, 3.63) is 12.2 Å². The quantitative estimate of drug-likeness (QED) is 0.0322. The van der Waals surface area contributed by atoms with Crippen LogP contribution < -0.4 is 5.32 Å². The van der Waals surface area contributed by atoms with Crippen LogP contribution in [0.4, 0.5) is 0 Å². The molecule has 0 aromatic heterocycles. The second-order valence-electron chi connectivity index (χ2n) is 18.9. The van der Waals surface area contributed by atoms with Gasteiger partial charge in [0.2, 0.25) is 5.91 Å². The van der Waals surface area contributed by atoms with E-state index in [-0.39, 0.29) is 18.5 Å². The topological polar surface area (TPSA) is 95.9 Å². The van der Waals surface area contributed by atoms with Crippen LogP contribution in [0.3, 0.4) is 0 Å². The first-order chi connectivity index (χ1) is 30.0. The number of aliphatic hydroxyl groups excluding tert-OH is 2. The van der Waals surface area contributed by atoms with Crippen LogP contribution in [0.1, 0.15) is 303 Å². The molecule has 2 atom stereocenters. The van der Waals surface area contributed by atoms with Gasteiger partial charge in [0.1, 0.15) is 0 Å². The predicted molar refractivity (Wildman–Crippen MR) is 264 cm³/mol. The number of hydrogen-bond acceptors (Lipinski definition) is 5. The van der Waals surface area contributed by atoms with Crippen molar-refractivity contribution in [2.75, 3.05) is 13.2 Å². The van der Waals surface area contributed by atoms with Gasteiger partial charge in [0.25, 0.3) is 0 Å². The normalized spacial score (nSPS) is 12.7. The highest BCUT2D eigenvalue weighted by molar-refractivity contribution is 5.76. The van der Waals surface area contributed by atoms with Crippen LogP contribution in [-0.4, -0.2) is 47.4 Å². The fraction of sp³-hybridized carbons (Fsp3) is 0.927. The molecule has 6 heteroatoms. The van der Waals surface area contributed by atoms with Crippen molar-refractivity contribution < 1.29 is 24.5 Å². The van der Waals surface area contributed by atoms with Crippen molar-refractivity contribution in [3.8, 4) is 0 Å². The third kappa shape index (κ3) is 47.9. The minimum Gasteiger partial charge on any atom is -0.466 e. The van der Waals surface area contributed by atoms with Crippen molar-refractivity contribution in [3.63, 3.8) is 0 Å². The maximum atomic E-state index is 12.4. The Morgan fingerprint density at radius 2 is 0.754 bits per heavy atom. The summed E-state index contributed by atoms with van der Waals surface area (Å²) in [6, 6.07) is -0.633. The zero-order valence-corrected chi connectivity index (χ0v) is 41.2. The third-order valence-corrected chi connectivity index (χ3v) is 12.8. The fourth-order valence-corrected chi connectivity index (χ4v) is 8.58. The van der Waals surface area contributed by atoms with Crippen LogP contribution in [0.25, 0.3) is 0 Å². The first-order valence-electron chi connectivity index (χ1n) is 27.5. The lowest BCUT2D eigenvalue weighted by Gasteiger charge is -2.20. The van der Waals surface area contributed by atoms with E-state index in [1.165, 1.54) is 231 Å². The minimum atomic E-state index is -0.849. The second-order valence-corrected chi connectivity index (χ2v) is 18.9. The maximum absolute atomic E-state index is 12.4. The van der Waals surface area contributed by atoms with Gasteiger partial charge in [-0.3, -0.25) is 9.59 Å². The second kappa shape index (κ2) is 51.2. The lowest BCUT2D eigenvalue weighted by Crippen LogP contribution is -2.45. The molecule has 0 aliphatic carbocycles. The molecule has 0 aromatic carbocycles. The van der Waals surface area contributed by atoms with Gasteiger partial charge in [0, 0.05) is 12.8 Å². The van der Waals surface area contributed by atoms with Gasteiger partial charge in [-0.15, -0.1) is 0 Å². The Bertz CT molecular complexity index is 909. The van der Waals surface area contributed by atoms with Crippen LogP contribution >= 0.6 is 0 Å². The van der Waals surface area contributed by atoms with Gasteiger partial charge in [0.05, 0.1) is 25.4 Å². The van der Waals surface area contributed by atoms with Crippen molar-refractivity contribution in [2.24, 2.45) is 0 Å². The summed E-state index contributed by atoms with van der Waals surface area (Å²) < 4.78 is 5.47. The molecule has 0 radical (unpaired) electrons. The van der Waals surface area contributed by atoms with Crippen molar-refractivity contribution in [1.82, 2.24) is 5.32 Å². The predicted octanol–water partition coefficient (Wildman–Crippen LogP) is 16.5. The number of carbonyl (C=O) groups is 2. The number of carbonyl (C=O) groups excluding carboxylic acids is 2. The third-order valence-electron chi connectivity index (χ3n) is 12.8. The van der Waals surface area contributed by atoms with Gasteiger partial charge in [-0.05, 0) is 32.1 Å². The molecule has 0 bridgehead atoms. The van der Waals surface area contributed by atoms with E-state index in [0.29, 0.717) is 19.4 Å². The van der Waals surface area contributed by atoms with Crippen molar-refractivity contribution in [1.29, 1.82) is 0 Å². The van der Waals surface area contributed by atoms with E-state index in [0.717, 1.165) is 44.9 Å². The maximum Gasteiger partial charge on any atom is 0.305 e. The van der Waals surface area contributed by atoms with E-state index in [2.05, 4.69) is 19.2 Å². The zero-order valence-electron chi connectivity index (χ0n) is 41.2. The molecule has 2 unspecified atom stereocenters. The molecule has 0 spiro atoms. The Balaban J connectivity index is 3.46. The Labute approximate surface area is 380 Å². The Kier molecular flexibility index (Phi) is 50.1. The summed E-state index contributed by atoms with van der Waals surface area (Å²) in [4.78, 5) is 24.5. The molecule has 3 N–H and O–H groups in total. The molecule has 0 fully saturated rings. The molecule has 0 heterocycles. The number of esters is 1. The summed E-state index contributed by atoms with van der Waals surface area (Å²) in [6.45, 7) is 4.90. The van der Waals surface area contributed by atoms with Crippen LogP contribution in [0.15, 0.2) is 12.2 Å². The molecule has 0 aliphatic rings. The summed E-state index contributed by atoms with van der Waals surface area (Å²) >= 11 is 0. The smallest absolute Gasteiger partial charge is 0.305 e. The van der Waals surface area contributed by atoms with Crippen LogP contribution in [-0.2, 0) is 14.3 Å². The molecule has 0 rings (SSSR count).